The van der Waals surface area contributed by atoms with Crippen molar-refractivity contribution in [3.63, 3.8) is 0 Å². The summed E-state index contributed by atoms with van der Waals surface area (Å²) >= 11 is 0. The van der Waals surface area contributed by atoms with Crippen molar-refractivity contribution in [3.8, 4) is 0 Å². The molecular weight excluding hydrogens is 236 g/mol. The van der Waals surface area contributed by atoms with Crippen molar-refractivity contribution >= 4 is 6.98 Å². The Morgan fingerprint density at radius 2 is 1.43 bits per heavy atom. The molecule has 2 atom stereocenters. The molecule has 1 saturated carbocycles. The zero-order valence-corrected chi connectivity index (χ0v) is 11.1. The van der Waals surface area contributed by atoms with Crippen molar-refractivity contribution in [1.29, 1.82) is 0 Å². The fraction of sp³-hybridized carbons (Fsp3) is 1.00. The van der Waals surface area contributed by atoms with E-state index in [1.54, 1.807) is 0 Å². The van der Waals surface area contributed by atoms with Crippen LogP contribution in [0.15, 0.2) is 0 Å². The molecule has 1 fully saturated rings. The Hall–Kier alpha value is 1.28. The van der Waals surface area contributed by atoms with Gasteiger partial charge in [-0.2, -0.15) is 13.2 Å². The smallest absolute Gasteiger partial charge is 0.449 e. The van der Waals surface area contributed by atoms with E-state index < -0.39 is 30.3 Å². The summed E-state index contributed by atoms with van der Waals surface area (Å²) in [5.74, 6) is -4.38. The van der Waals surface area contributed by atoms with Gasteiger partial charge in [0.2, 0.25) is 0 Å². The topological polar surface area (TPSA) is 0 Å². The predicted octanol–water partition coefficient (Wildman–Crippen LogP) is 0.426. The minimum Gasteiger partial charge on any atom is -0.449 e. The summed E-state index contributed by atoms with van der Waals surface area (Å²) in [6.45, 7) is -3.37. The number of hydrogen-bond acceptors (Lipinski definition) is 0. The molecule has 1 aliphatic rings. The van der Waals surface area contributed by atoms with Crippen LogP contribution in [0.4, 0.5) is 26.1 Å². The Balaban J connectivity index is 0.00000169. The molecule has 0 heterocycles. The summed E-state index contributed by atoms with van der Waals surface area (Å²) < 4.78 is 72.3. The van der Waals surface area contributed by atoms with Gasteiger partial charge < -0.3 is 12.9 Å². The molecule has 78 valence electrons. The molecule has 0 aromatic heterocycles. The van der Waals surface area contributed by atoms with E-state index in [0.29, 0.717) is 0 Å². The molecule has 0 aliphatic heterocycles. The van der Waals surface area contributed by atoms with Crippen LogP contribution in [0.25, 0.3) is 0 Å². The van der Waals surface area contributed by atoms with Crippen LogP contribution in [0.2, 0.25) is 5.82 Å². The molecule has 0 radical (unpaired) electrons. The first-order valence-electron chi connectivity index (χ1n) is 3.75. The van der Waals surface area contributed by atoms with Crippen LogP contribution in [-0.4, -0.2) is 13.2 Å². The number of alkyl halides is 3. The molecule has 0 aromatic rings. The molecule has 0 unspecified atom stereocenters. The van der Waals surface area contributed by atoms with Gasteiger partial charge in [-0.1, -0.05) is 19.7 Å². The first-order valence-corrected chi connectivity index (χ1v) is 3.75. The molecule has 0 amide bonds. The fourth-order valence-corrected chi connectivity index (χ4v) is 2.01. The molecule has 0 aromatic carbocycles. The standard InChI is InChI=1S/C6H8BF6.K/c1-5(2)3(6(8,9)10)4(5)7(11,12)13;/h3-4H,1-2H3;/q-1;+1/t3-,4-;/m1./s1. The van der Waals surface area contributed by atoms with Gasteiger partial charge in [-0.25, -0.2) is 0 Å². The van der Waals surface area contributed by atoms with E-state index in [1.165, 1.54) is 0 Å². The van der Waals surface area contributed by atoms with Crippen LogP contribution in [-0.2, 0) is 0 Å². The van der Waals surface area contributed by atoms with Gasteiger partial charge in [0.1, 0.15) is 0 Å². The van der Waals surface area contributed by atoms with Crippen LogP contribution in [0.3, 0.4) is 0 Å². The molecule has 0 saturated heterocycles. The first kappa shape index (κ1) is 15.3. The second-order valence-electron chi connectivity index (χ2n) is 3.99. The number of rotatable bonds is 1. The van der Waals surface area contributed by atoms with Crippen LogP contribution < -0.4 is 51.4 Å². The molecule has 8 heteroatoms. The van der Waals surface area contributed by atoms with E-state index in [2.05, 4.69) is 0 Å². The van der Waals surface area contributed by atoms with E-state index in [-0.39, 0.29) is 51.4 Å². The normalized spacial score (nSPS) is 30.9. The van der Waals surface area contributed by atoms with Crippen LogP contribution in [0, 0.1) is 11.3 Å². The van der Waals surface area contributed by atoms with Gasteiger partial charge in [-0.05, 0) is 5.41 Å². The predicted molar refractivity (Wildman–Crippen MR) is 36.2 cm³/mol. The minimum atomic E-state index is -5.38. The van der Waals surface area contributed by atoms with Crippen molar-refractivity contribution in [2.75, 3.05) is 0 Å². The van der Waals surface area contributed by atoms with Gasteiger partial charge in [0.05, 0.1) is 0 Å². The van der Waals surface area contributed by atoms with Crippen molar-refractivity contribution in [2.24, 2.45) is 11.3 Å². The van der Waals surface area contributed by atoms with Gasteiger partial charge in [-0.3, -0.25) is 0 Å². The maximum Gasteiger partial charge on any atom is 1.00 e. The van der Waals surface area contributed by atoms with Gasteiger partial charge in [0.15, 0.2) is 0 Å². The molecule has 1 rings (SSSR count). The summed E-state index contributed by atoms with van der Waals surface area (Å²) in [5.41, 5.74) is -1.67. The third kappa shape index (κ3) is 2.69. The molecule has 0 bridgehead atoms. The zero-order valence-electron chi connectivity index (χ0n) is 8.00. The molecule has 1 aliphatic carbocycles. The van der Waals surface area contributed by atoms with Crippen molar-refractivity contribution in [3.05, 3.63) is 0 Å². The van der Waals surface area contributed by atoms with Crippen molar-refractivity contribution in [2.45, 2.75) is 25.8 Å². The minimum absolute atomic E-state index is 0. The Morgan fingerprint density at radius 3 is 1.50 bits per heavy atom. The Labute approximate surface area is 120 Å². The van der Waals surface area contributed by atoms with E-state index in [1.807, 2.05) is 0 Å². The summed E-state index contributed by atoms with van der Waals surface area (Å²) in [4.78, 5) is 0. The van der Waals surface area contributed by atoms with E-state index in [4.69, 9.17) is 0 Å². The van der Waals surface area contributed by atoms with E-state index >= 15 is 0 Å². The van der Waals surface area contributed by atoms with Gasteiger partial charge in [0.25, 0.3) is 0 Å². The second kappa shape index (κ2) is 3.94. The van der Waals surface area contributed by atoms with E-state index in [0.717, 1.165) is 13.8 Å². The number of halogens is 6. The molecule has 0 N–H and O–H groups in total. The summed E-state index contributed by atoms with van der Waals surface area (Å²) in [6.07, 6.45) is -4.73. The third-order valence-corrected chi connectivity index (χ3v) is 2.67. The molecule has 14 heavy (non-hydrogen) atoms. The Bertz CT molecular complexity index is 197. The summed E-state index contributed by atoms with van der Waals surface area (Å²) in [5, 5.41) is 0. The third-order valence-electron chi connectivity index (χ3n) is 2.67. The molecular formula is C6H8BF6K. The van der Waals surface area contributed by atoms with Crippen LogP contribution in [0.5, 0.6) is 0 Å². The molecule has 0 spiro atoms. The Morgan fingerprint density at radius 1 is 1.07 bits per heavy atom. The second-order valence-corrected chi connectivity index (χ2v) is 3.99. The first-order chi connectivity index (χ1) is 5.49. The van der Waals surface area contributed by atoms with Crippen LogP contribution in [0.1, 0.15) is 13.8 Å². The zero-order chi connectivity index (χ0) is 10.7. The quantitative estimate of drug-likeness (QED) is 0.463. The maximum absolute atomic E-state index is 12.1. The number of hydrogen-bond donors (Lipinski definition) is 0. The monoisotopic (exact) mass is 244 g/mol. The molecule has 0 nitrogen and oxygen atoms in total. The van der Waals surface area contributed by atoms with Gasteiger partial charge in [-0.15, -0.1) is 0 Å². The average Bonchev–Trinajstić information content (AvgIpc) is 2.29. The largest absolute Gasteiger partial charge is 1.00 e. The Kier molecular flexibility index (Phi) is 4.30. The summed E-state index contributed by atoms with van der Waals surface area (Å²) in [6, 6.07) is 0. The van der Waals surface area contributed by atoms with Crippen molar-refractivity contribution < 1.29 is 77.5 Å². The van der Waals surface area contributed by atoms with E-state index in [9.17, 15) is 26.1 Å². The van der Waals surface area contributed by atoms with Gasteiger partial charge >= 0.3 is 64.5 Å². The SMILES string of the molecule is CC1(C)[C@H]([B-](F)(F)F)[C@H]1C(F)(F)F.[K+]. The van der Waals surface area contributed by atoms with Gasteiger partial charge in [0, 0.05) is 5.92 Å². The fourth-order valence-electron chi connectivity index (χ4n) is 2.01. The van der Waals surface area contributed by atoms with Crippen LogP contribution >= 0.6 is 0 Å². The summed E-state index contributed by atoms with van der Waals surface area (Å²) in [7, 11) is 0. The van der Waals surface area contributed by atoms with Crippen molar-refractivity contribution in [1.82, 2.24) is 0 Å². The average molecular weight is 244 g/mol. The maximum atomic E-state index is 12.1.